The maximum atomic E-state index is 9.57. The van der Waals surface area contributed by atoms with E-state index in [0.29, 0.717) is 6.61 Å². The van der Waals surface area contributed by atoms with Crippen LogP contribution in [0.1, 0.15) is 6.92 Å². The second-order valence-electron chi connectivity index (χ2n) is 3.02. The molecule has 0 saturated carbocycles. The summed E-state index contributed by atoms with van der Waals surface area (Å²) in [6, 6.07) is 1.01. The normalized spacial score (nSPS) is 20.5. The lowest BCUT2D eigenvalue weighted by Crippen LogP contribution is -2.34. The topological polar surface area (TPSA) is 50.9 Å². The molecule has 5 heteroatoms. The minimum absolute atomic E-state index is 0.0556. The SMILES string of the molecule is CC[Si](C)(OC)OC.[O]CC1CO1. The lowest BCUT2D eigenvalue weighted by Gasteiger charge is -2.19. The highest BCUT2D eigenvalue weighted by molar-refractivity contribution is 6.65. The van der Waals surface area contributed by atoms with Crippen LogP contribution >= 0.6 is 0 Å². The molecule has 1 rings (SSSR count). The van der Waals surface area contributed by atoms with Gasteiger partial charge in [-0.05, 0) is 12.6 Å². The molecule has 13 heavy (non-hydrogen) atoms. The van der Waals surface area contributed by atoms with Crippen molar-refractivity contribution in [2.45, 2.75) is 25.6 Å². The van der Waals surface area contributed by atoms with Crippen LogP contribution in [0, 0.1) is 0 Å². The third-order valence-corrected chi connectivity index (χ3v) is 5.11. The first-order valence-corrected chi connectivity index (χ1v) is 6.94. The van der Waals surface area contributed by atoms with Gasteiger partial charge in [-0.1, -0.05) is 6.92 Å². The first kappa shape index (κ1) is 13.1. The Morgan fingerprint density at radius 1 is 1.46 bits per heavy atom. The maximum Gasteiger partial charge on any atom is 0.334 e. The molecule has 0 aromatic rings. The Kier molecular flexibility index (Phi) is 6.53. The van der Waals surface area contributed by atoms with Crippen molar-refractivity contribution < 1.29 is 18.7 Å². The molecular formula is C8H19O4Si. The number of ether oxygens (including phenoxy) is 1. The van der Waals surface area contributed by atoms with Crippen molar-refractivity contribution in [2.75, 3.05) is 27.4 Å². The predicted molar refractivity (Wildman–Crippen MR) is 51.4 cm³/mol. The van der Waals surface area contributed by atoms with Gasteiger partial charge in [0.2, 0.25) is 0 Å². The summed E-state index contributed by atoms with van der Waals surface area (Å²) in [5.74, 6) is 0. The summed E-state index contributed by atoms with van der Waals surface area (Å²) < 4.78 is 14.9. The fraction of sp³-hybridized carbons (Fsp3) is 1.00. The number of rotatable bonds is 4. The van der Waals surface area contributed by atoms with Gasteiger partial charge < -0.3 is 13.6 Å². The molecule has 1 radical (unpaired) electrons. The second-order valence-corrected chi connectivity index (χ2v) is 6.81. The zero-order chi connectivity index (χ0) is 10.3. The molecular weight excluding hydrogens is 188 g/mol. The summed E-state index contributed by atoms with van der Waals surface area (Å²) in [5.41, 5.74) is 0. The van der Waals surface area contributed by atoms with Crippen molar-refractivity contribution >= 4 is 8.56 Å². The molecule has 0 amide bonds. The molecule has 79 valence electrons. The van der Waals surface area contributed by atoms with E-state index < -0.39 is 8.56 Å². The highest BCUT2D eigenvalue weighted by atomic mass is 28.4. The van der Waals surface area contributed by atoms with Gasteiger partial charge in [-0.25, -0.2) is 5.11 Å². The minimum Gasteiger partial charge on any atom is -0.398 e. The molecule has 0 spiro atoms. The van der Waals surface area contributed by atoms with Gasteiger partial charge in [-0.3, -0.25) is 0 Å². The quantitative estimate of drug-likeness (QED) is 0.514. The fourth-order valence-corrected chi connectivity index (χ4v) is 1.28. The Labute approximate surface area is 81.1 Å². The third kappa shape index (κ3) is 6.17. The highest BCUT2D eigenvalue weighted by Gasteiger charge is 2.24. The summed E-state index contributed by atoms with van der Waals surface area (Å²) >= 11 is 0. The van der Waals surface area contributed by atoms with Crippen molar-refractivity contribution in [1.82, 2.24) is 0 Å². The molecule has 1 aliphatic rings. The van der Waals surface area contributed by atoms with E-state index in [4.69, 9.17) is 8.85 Å². The van der Waals surface area contributed by atoms with E-state index in [1.165, 1.54) is 0 Å². The van der Waals surface area contributed by atoms with Crippen LogP contribution in [0.4, 0.5) is 0 Å². The van der Waals surface area contributed by atoms with Crippen molar-refractivity contribution in [3.05, 3.63) is 0 Å². The summed E-state index contributed by atoms with van der Waals surface area (Å²) in [4.78, 5) is 0. The van der Waals surface area contributed by atoms with E-state index in [1.807, 2.05) is 6.55 Å². The number of hydrogen-bond acceptors (Lipinski definition) is 3. The Balaban J connectivity index is 0.000000243. The monoisotopic (exact) mass is 207 g/mol. The molecule has 1 fully saturated rings. The number of hydrogen-bond donors (Lipinski definition) is 0. The fourth-order valence-electron chi connectivity index (χ4n) is 0.536. The molecule has 0 aromatic carbocycles. The molecule has 1 unspecified atom stereocenters. The van der Waals surface area contributed by atoms with Crippen LogP contribution < -0.4 is 0 Å². The smallest absolute Gasteiger partial charge is 0.334 e. The van der Waals surface area contributed by atoms with Gasteiger partial charge in [0, 0.05) is 14.2 Å². The van der Waals surface area contributed by atoms with Crippen LogP contribution in [0.3, 0.4) is 0 Å². The van der Waals surface area contributed by atoms with Crippen LogP contribution in [-0.2, 0) is 18.7 Å². The molecule has 1 heterocycles. The van der Waals surface area contributed by atoms with Crippen molar-refractivity contribution in [3.63, 3.8) is 0 Å². The Morgan fingerprint density at radius 3 is 1.92 bits per heavy atom. The van der Waals surface area contributed by atoms with E-state index in [-0.39, 0.29) is 12.7 Å². The average Bonchev–Trinajstić information content (AvgIpc) is 3.01. The molecule has 4 nitrogen and oxygen atoms in total. The molecule has 1 aliphatic heterocycles. The van der Waals surface area contributed by atoms with Gasteiger partial charge in [0.05, 0.1) is 6.61 Å². The van der Waals surface area contributed by atoms with Gasteiger partial charge in [0.25, 0.3) is 0 Å². The average molecular weight is 207 g/mol. The first-order valence-electron chi connectivity index (χ1n) is 4.41. The summed E-state index contributed by atoms with van der Waals surface area (Å²) in [7, 11) is 1.74. The van der Waals surface area contributed by atoms with Crippen LogP contribution in [0.25, 0.3) is 0 Å². The van der Waals surface area contributed by atoms with Gasteiger partial charge in [0.15, 0.2) is 0 Å². The van der Waals surface area contributed by atoms with Crippen molar-refractivity contribution in [3.8, 4) is 0 Å². The Hall–Kier alpha value is 0.0569. The van der Waals surface area contributed by atoms with Crippen molar-refractivity contribution in [1.29, 1.82) is 0 Å². The largest absolute Gasteiger partial charge is 0.398 e. The second kappa shape index (κ2) is 6.50. The first-order chi connectivity index (χ1) is 6.11. The minimum atomic E-state index is -1.67. The molecule has 0 N–H and O–H groups in total. The van der Waals surface area contributed by atoms with Gasteiger partial charge in [-0.15, -0.1) is 0 Å². The van der Waals surface area contributed by atoms with Gasteiger partial charge in [-0.2, -0.15) is 0 Å². The third-order valence-electron chi connectivity index (χ3n) is 2.09. The van der Waals surface area contributed by atoms with Crippen LogP contribution in [0.5, 0.6) is 0 Å². The summed E-state index contributed by atoms with van der Waals surface area (Å²) in [6.45, 7) is 4.77. The van der Waals surface area contributed by atoms with E-state index in [2.05, 4.69) is 11.7 Å². The maximum absolute atomic E-state index is 9.57. The Bertz CT molecular complexity index is 115. The standard InChI is InChI=1S/C5H14O2Si.C3H5O2/c1-5-8(4,6-2)7-3;4-1-3-2-5-3/h5H2,1-4H3;3H,1-2H2. The molecule has 0 aromatic heterocycles. The zero-order valence-electron chi connectivity index (χ0n) is 8.83. The van der Waals surface area contributed by atoms with Gasteiger partial charge >= 0.3 is 8.56 Å². The molecule has 1 saturated heterocycles. The van der Waals surface area contributed by atoms with Crippen LogP contribution in [0.15, 0.2) is 0 Å². The predicted octanol–water partition coefficient (Wildman–Crippen LogP) is 1.19. The van der Waals surface area contributed by atoms with E-state index in [1.54, 1.807) is 14.2 Å². The number of epoxide rings is 1. The zero-order valence-corrected chi connectivity index (χ0v) is 9.83. The van der Waals surface area contributed by atoms with Gasteiger partial charge in [0.1, 0.15) is 12.7 Å². The molecule has 0 aliphatic carbocycles. The summed E-state index contributed by atoms with van der Waals surface area (Å²) in [6.07, 6.45) is 0.0787. The van der Waals surface area contributed by atoms with E-state index in [9.17, 15) is 5.11 Å². The van der Waals surface area contributed by atoms with E-state index in [0.717, 1.165) is 6.04 Å². The van der Waals surface area contributed by atoms with Crippen molar-refractivity contribution in [2.24, 2.45) is 0 Å². The van der Waals surface area contributed by atoms with Crippen LogP contribution in [-0.4, -0.2) is 42.1 Å². The highest BCUT2D eigenvalue weighted by Crippen LogP contribution is 2.08. The molecule has 1 atom stereocenters. The Morgan fingerprint density at radius 2 is 1.92 bits per heavy atom. The summed E-state index contributed by atoms with van der Waals surface area (Å²) in [5, 5.41) is 9.57. The van der Waals surface area contributed by atoms with Crippen LogP contribution in [0.2, 0.25) is 12.6 Å². The lowest BCUT2D eigenvalue weighted by atomic mass is 10.5. The lowest BCUT2D eigenvalue weighted by molar-refractivity contribution is 0.164. The molecule has 0 bridgehead atoms. The van der Waals surface area contributed by atoms with E-state index >= 15 is 0 Å².